The average molecular weight is 205 g/mol. The second-order valence-corrected chi connectivity index (χ2v) is 3.85. The zero-order valence-corrected chi connectivity index (χ0v) is 8.71. The molecular formula is C10H11N3S. The molecule has 0 bridgehead atoms. The SMILES string of the molecule is CC/C=N/Nc1nc2ccccc2s1. The molecule has 0 radical (unpaired) electrons. The van der Waals surface area contributed by atoms with Crippen molar-refractivity contribution < 1.29 is 0 Å². The molecular weight excluding hydrogens is 194 g/mol. The largest absolute Gasteiger partial charge is 0.253 e. The summed E-state index contributed by atoms with van der Waals surface area (Å²) < 4.78 is 1.18. The van der Waals surface area contributed by atoms with E-state index in [1.54, 1.807) is 11.3 Å². The van der Waals surface area contributed by atoms with Crippen LogP contribution in [-0.4, -0.2) is 11.2 Å². The number of hydrogen-bond acceptors (Lipinski definition) is 4. The summed E-state index contributed by atoms with van der Waals surface area (Å²) >= 11 is 1.61. The third-order valence-electron chi connectivity index (χ3n) is 1.73. The van der Waals surface area contributed by atoms with E-state index in [0.29, 0.717) is 0 Å². The highest BCUT2D eigenvalue weighted by molar-refractivity contribution is 7.22. The Bertz CT molecular complexity index is 414. The molecule has 1 heterocycles. The van der Waals surface area contributed by atoms with Gasteiger partial charge in [-0.25, -0.2) is 4.98 Å². The molecule has 0 atom stereocenters. The van der Waals surface area contributed by atoms with Crippen molar-refractivity contribution in [3.05, 3.63) is 24.3 Å². The van der Waals surface area contributed by atoms with Crippen molar-refractivity contribution >= 4 is 32.9 Å². The van der Waals surface area contributed by atoms with Crippen LogP contribution in [0.1, 0.15) is 13.3 Å². The number of hydrogen-bond donors (Lipinski definition) is 1. The molecule has 0 saturated heterocycles. The molecule has 0 saturated carbocycles. The van der Waals surface area contributed by atoms with E-state index < -0.39 is 0 Å². The first-order chi connectivity index (χ1) is 6.90. The van der Waals surface area contributed by atoms with Gasteiger partial charge >= 0.3 is 0 Å². The summed E-state index contributed by atoms with van der Waals surface area (Å²) in [4.78, 5) is 4.38. The van der Waals surface area contributed by atoms with Gasteiger partial charge in [-0.3, -0.25) is 5.43 Å². The summed E-state index contributed by atoms with van der Waals surface area (Å²) in [7, 11) is 0. The molecule has 4 heteroatoms. The molecule has 0 fully saturated rings. The fraction of sp³-hybridized carbons (Fsp3) is 0.200. The molecule has 0 spiro atoms. The lowest BCUT2D eigenvalue weighted by atomic mass is 10.3. The number of nitrogens with one attached hydrogen (secondary N) is 1. The number of thiazole rings is 1. The van der Waals surface area contributed by atoms with Crippen molar-refractivity contribution in [2.75, 3.05) is 5.43 Å². The van der Waals surface area contributed by atoms with Gasteiger partial charge in [0.05, 0.1) is 10.2 Å². The van der Waals surface area contributed by atoms with Gasteiger partial charge in [-0.15, -0.1) is 0 Å². The highest BCUT2D eigenvalue weighted by Gasteiger charge is 2.00. The molecule has 0 unspecified atom stereocenters. The molecule has 2 aromatic rings. The van der Waals surface area contributed by atoms with Crippen molar-refractivity contribution in [2.24, 2.45) is 5.10 Å². The standard InChI is InChI=1S/C10H11N3S/c1-2-7-11-13-10-12-8-5-3-4-6-9(8)14-10/h3-7H,2H2,1H3,(H,12,13)/b11-7+. The Morgan fingerprint density at radius 2 is 2.36 bits per heavy atom. The number of fused-ring (bicyclic) bond motifs is 1. The first-order valence-electron chi connectivity index (χ1n) is 4.53. The maximum atomic E-state index is 4.38. The minimum Gasteiger partial charge on any atom is -0.253 e. The summed E-state index contributed by atoms with van der Waals surface area (Å²) in [5.41, 5.74) is 3.93. The molecule has 3 nitrogen and oxygen atoms in total. The Labute approximate surface area is 86.5 Å². The average Bonchev–Trinajstić information content (AvgIpc) is 2.60. The summed E-state index contributed by atoms with van der Waals surface area (Å²) in [6.07, 6.45) is 2.75. The van der Waals surface area contributed by atoms with E-state index in [0.717, 1.165) is 17.1 Å². The van der Waals surface area contributed by atoms with Gasteiger partial charge in [0.1, 0.15) is 0 Å². The number of nitrogens with zero attached hydrogens (tertiary/aromatic N) is 2. The number of aromatic nitrogens is 1. The van der Waals surface area contributed by atoms with Gasteiger partial charge in [-0.1, -0.05) is 30.4 Å². The van der Waals surface area contributed by atoms with Crippen molar-refractivity contribution in [1.29, 1.82) is 0 Å². The summed E-state index contributed by atoms with van der Waals surface area (Å²) in [5.74, 6) is 0. The van der Waals surface area contributed by atoms with Crippen LogP contribution in [0.25, 0.3) is 10.2 Å². The number of benzene rings is 1. The first kappa shape index (κ1) is 9.15. The molecule has 0 aliphatic rings. The molecule has 1 aromatic heterocycles. The Morgan fingerprint density at radius 3 is 3.14 bits per heavy atom. The van der Waals surface area contributed by atoms with Gasteiger partial charge in [0.2, 0.25) is 5.13 Å². The maximum Gasteiger partial charge on any atom is 0.204 e. The lowest BCUT2D eigenvalue weighted by Crippen LogP contribution is -1.86. The smallest absolute Gasteiger partial charge is 0.204 e. The molecule has 0 amide bonds. The molecule has 1 N–H and O–H groups in total. The highest BCUT2D eigenvalue weighted by atomic mass is 32.1. The van der Waals surface area contributed by atoms with Crippen molar-refractivity contribution in [1.82, 2.24) is 4.98 Å². The second kappa shape index (κ2) is 4.19. The highest BCUT2D eigenvalue weighted by Crippen LogP contribution is 2.24. The van der Waals surface area contributed by atoms with Crippen molar-refractivity contribution in [2.45, 2.75) is 13.3 Å². The van der Waals surface area contributed by atoms with Gasteiger partial charge in [-0.2, -0.15) is 5.10 Å². The van der Waals surface area contributed by atoms with Crippen LogP contribution in [-0.2, 0) is 0 Å². The van der Waals surface area contributed by atoms with Crippen LogP contribution in [0.2, 0.25) is 0 Å². The van der Waals surface area contributed by atoms with Crippen LogP contribution >= 0.6 is 11.3 Å². The normalized spacial score (nSPS) is 11.2. The predicted octanol–water partition coefficient (Wildman–Crippen LogP) is 3.10. The Balaban J connectivity index is 2.23. The van der Waals surface area contributed by atoms with Crippen LogP contribution in [0.5, 0.6) is 0 Å². The minimum absolute atomic E-state index is 0.843. The van der Waals surface area contributed by atoms with Gasteiger partial charge in [0.25, 0.3) is 0 Å². The quantitative estimate of drug-likeness (QED) is 0.617. The van der Waals surface area contributed by atoms with Crippen LogP contribution in [0, 0.1) is 0 Å². The van der Waals surface area contributed by atoms with Crippen molar-refractivity contribution in [3.63, 3.8) is 0 Å². The number of hydrazone groups is 1. The van der Waals surface area contributed by atoms with E-state index in [4.69, 9.17) is 0 Å². The zero-order valence-electron chi connectivity index (χ0n) is 7.90. The Hall–Kier alpha value is -1.42. The number of anilines is 1. The van der Waals surface area contributed by atoms with Crippen LogP contribution in [0.15, 0.2) is 29.4 Å². The van der Waals surface area contributed by atoms with E-state index in [1.807, 2.05) is 31.3 Å². The fourth-order valence-electron chi connectivity index (χ4n) is 1.11. The van der Waals surface area contributed by atoms with Gasteiger partial charge in [0.15, 0.2) is 0 Å². The predicted molar refractivity (Wildman–Crippen MR) is 62.0 cm³/mol. The Kier molecular flexibility index (Phi) is 2.74. The van der Waals surface area contributed by atoms with Crippen LogP contribution in [0.3, 0.4) is 0 Å². The molecule has 1 aromatic carbocycles. The maximum absolute atomic E-state index is 4.38. The van der Waals surface area contributed by atoms with E-state index >= 15 is 0 Å². The van der Waals surface area contributed by atoms with Gasteiger partial charge in [0, 0.05) is 6.21 Å². The fourth-order valence-corrected chi connectivity index (χ4v) is 1.93. The molecule has 72 valence electrons. The topological polar surface area (TPSA) is 37.3 Å². The minimum atomic E-state index is 0.843. The Morgan fingerprint density at radius 1 is 1.50 bits per heavy atom. The monoisotopic (exact) mass is 205 g/mol. The van der Waals surface area contributed by atoms with Crippen LogP contribution < -0.4 is 5.43 Å². The molecule has 0 aliphatic carbocycles. The first-order valence-corrected chi connectivity index (χ1v) is 5.35. The summed E-state index contributed by atoms with van der Waals surface area (Å²) in [6, 6.07) is 8.06. The second-order valence-electron chi connectivity index (χ2n) is 2.82. The lowest BCUT2D eigenvalue weighted by molar-refractivity contribution is 1.25. The van der Waals surface area contributed by atoms with E-state index in [-0.39, 0.29) is 0 Å². The van der Waals surface area contributed by atoms with E-state index in [2.05, 4.69) is 21.6 Å². The number of rotatable bonds is 3. The van der Waals surface area contributed by atoms with E-state index in [1.165, 1.54) is 4.70 Å². The molecule has 0 aliphatic heterocycles. The van der Waals surface area contributed by atoms with Crippen LogP contribution in [0.4, 0.5) is 5.13 Å². The summed E-state index contributed by atoms with van der Waals surface area (Å²) in [6.45, 7) is 2.05. The third-order valence-corrected chi connectivity index (χ3v) is 2.67. The zero-order chi connectivity index (χ0) is 9.80. The van der Waals surface area contributed by atoms with Crippen molar-refractivity contribution in [3.8, 4) is 0 Å². The van der Waals surface area contributed by atoms with Gasteiger partial charge in [-0.05, 0) is 18.6 Å². The summed E-state index contributed by atoms with van der Waals surface area (Å²) in [5, 5.41) is 4.87. The van der Waals surface area contributed by atoms with Gasteiger partial charge < -0.3 is 0 Å². The lowest BCUT2D eigenvalue weighted by Gasteiger charge is -1.89. The third kappa shape index (κ3) is 1.90. The number of para-hydroxylation sites is 1. The molecule has 14 heavy (non-hydrogen) atoms. The van der Waals surface area contributed by atoms with E-state index in [9.17, 15) is 0 Å². The molecule has 2 rings (SSSR count).